The van der Waals surface area contributed by atoms with E-state index in [1.165, 1.54) is 13.2 Å². The summed E-state index contributed by atoms with van der Waals surface area (Å²) in [6.07, 6.45) is -2.51. The van der Waals surface area contributed by atoms with Crippen LogP contribution in [0.1, 0.15) is 23.4 Å². The van der Waals surface area contributed by atoms with Gasteiger partial charge in [-0.2, -0.15) is 0 Å². The largest absolute Gasteiger partial charge is 0.495 e. The number of aryl methyl sites for hydroxylation is 1. The molecule has 0 spiro atoms. The molecule has 0 radical (unpaired) electrons. The summed E-state index contributed by atoms with van der Waals surface area (Å²) in [7, 11) is 1.44. The first-order valence-electron chi connectivity index (χ1n) is 3.98. The van der Waals surface area contributed by atoms with Crippen LogP contribution in [0.2, 0.25) is 0 Å². The molecular formula is C9H10BrF2NO. The molecule has 14 heavy (non-hydrogen) atoms. The molecule has 0 atom stereocenters. The maximum absolute atomic E-state index is 12.5. The molecule has 1 aromatic rings. The van der Waals surface area contributed by atoms with E-state index < -0.39 is 6.43 Å². The lowest BCUT2D eigenvalue weighted by molar-refractivity contribution is 0.149. The van der Waals surface area contributed by atoms with Gasteiger partial charge in [-0.1, -0.05) is 15.9 Å². The second-order valence-electron chi connectivity index (χ2n) is 2.75. The van der Waals surface area contributed by atoms with Crippen LogP contribution in [0.15, 0.2) is 6.07 Å². The van der Waals surface area contributed by atoms with E-state index in [-0.39, 0.29) is 5.56 Å². The van der Waals surface area contributed by atoms with Gasteiger partial charge in [-0.25, -0.2) is 8.78 Å². The Morgan fingerprint density at radius 2 is 2.21 bits per heavy atom. The SMILES string of the molecule is COc1cc(C(F)F)c(C)nc1CBr. The molecule has 0 N–H and O–H groups in total. The van der Waals surface area contributed by atoms with Crippen molar-refractivity contribution in [3.05, 3.63) is 23.0 Å². The predicted molar refractivity (Wildman–Crippen MR) is 53.1 cm³/mol. The smallest absolute Gasteiger partial charge is 0.265 e. The number of aromatic nitrogens is 1. The summed E-state index contributed by atoms with van der Waals surface area (Å²) >= 11 is 3.21. The van der Waals surface area contributed by atoms with Crippen LogP contribution in [0.4, 0.5) is 8.78 Å². The van der Waals surface area contributed by atoms with Crippen molar-refractivity contribution in [1.29, 1.82) is 0 Å². The average molecular weight is 266 g/mol. The topological polar surface area (TPSA) is 22.1 Å². The van der Waals surface area contributed by atoms with Crippen molar-refractivity contribution in [2.45, 2.75) is 18.7 Å². The van der Waals surface area contributed by atoms with Gasteiger partial charge in [0.25, 0.3) is 6.43 Å². The summed E-state index contributed by atoms with van der Waals surface area (Å²) in [5.41, 5.74) is 0.899. The first-order valence-corrected chi connectivity index (χ1v) is 5.10. The van der Waals surface area contributed by atoms with Crippen LogP contribution in [0, 0.1) is 6.92 Å². The third-order valence-corrected chi connectivity index (χ3v) is 2.40. The van der Waals surface area contributed by atoms with E-state index in [9.17, 15) is 8.78 Å². The highest BCUT2D eigenvalue weighted by atomic mass is 79.9. The molecule has 1 rings (SSSR count). The van der Waals surface area contributed by atoms with Crippen molar-refractivity contribution in [3.63, 3.8) is 0 Å². The van der Waals surface area contributed by atoms with Crippen LogP contribution in [0.25, 0.3) is 0 Å². The molecule has 0 fully saturated rings. The fourth-order valence-corrected chi connectivity index (χ4v) is 1.55. The maximum atomic E-state index is 12.5. The minimum Gasteiger partial charge on any atom is -0.495 e. The Morgan fingerprint density at radius 3 is 2.64 bits per heavy atom. The quantitative estimate of drug-likeness (QED) is 0.783. The highest BCUT2D eigenvalue weighted by Gasteiger charge is 2.15. The fraction of sp³-hybridized carbons (Fsp3) is 0.444. The first kappa shape index (κ1) is 11.4. The standard InChI is InChI=1S/C9H10BrF2NO/c1-5-6(9(11)12)3-8(14-2)7(4-10)13-5/h3,9H,4H2,1-2H3. The van der Waals surface area contributed by atoms with E-state index in [2.05, 4.69) is 20.9 Å². The second-order valence-corrected chi connectivity index (χ2v) is 3.31. The van der Waals surface area contributed by atoms with Crippen molar-refractivity contribution in [2.75, 3.05) is 7.11 Å². The van der Waals surface area contributed by atoms with Gasteiger partial charge >= 0.3 is 0 Å². The number of alkyl halides is 3. The number of rotatable bonds is 3. The summed E-state index contributed by atoms with van der Waals surface area (Å²) in [5, 5.41) is 0.487. The van der Waals surface area contributed by atoms with Gasteiger partial charge in [0.05, 0.1) is 12.8 Å². The van der Waals surface area contributed by atoms with E-state index >= 15 is 0 Å². The lowest BCUT2D eigenvalue weighted by Crippen LogP contribution is -2.00. The second kappa shape index (κ2) is 4.68. The van der Waals surface area contributed by atoms with Crippen molar-refractivity contribution >= 4 is 15.9 Å². The lowest BCUT2D eigenvalue weighted by Gasteiger charge is -2.10. The first-order chi connectivity index (χ1) is 6.60. The summed E-state index contributed by atoms with van der Waals surface area (Å²) < 4.78 is 29.9. The minimum absolute atomic E-state index is 0.0773. The van der Waals surface area contributed by atoms with Gasteiger partial charge in [0.1, 0.15) is 5.75 Å². The Balaban J connectivity index is 3.23. The molecule has 0 aromatic carbocycles. The number of pyridine rings is 1. The van der Waals surface area contributed by atoms with Crippen molar-refractivity contribution in [2.24, 2.45) is 0 Å². The minimum atomic E-state index is -2.51. The Kier molecular flexibility index (Phi) is 3.80. The van der Waals surface area contributed by atoms with Gasteiger partial charge in [-0.15, -0.1) is 0 Å². The zero-order valence-corrected chi connectivity index (χ0v) is 9.44. The number of methoxy groups -OCH3 is 1. The molecule has 0 aliphatic rings. The molecule has 78 valence electrons. The molecule has 5 heteroatoms. The van der Waals surface area contributed by atoms with Gasteiger partial charge in [0.15, 0.2) is 0 Å². The zero-order valence-electron chi connectivity index (χ0n) is 7.85. The van der Waals surface area contributed by atoms with Crippen LogP contribution >= 0.6 is 15.9 Å². The Labute approximate surface area is 89.4 Å². The maximum Gasteiger partial charge on any atom is 0.265 e. The number of ether oxygens (including phenoxy) is 1. The molecule has 0 unspecified atom stereocenters. The van der Waals surface area contributed by atoms with Gasteiger partial charge < -0.3 is 4.74 Å². The molecule has 0 saturated carbocycles. The molecule has 1 heterocycles. The zero-order chi connectivity index (χ0) is 10.7. The molecular weight excluding hydrogens is 256 g/mol. The van der Waals surface area contributed by atoms with Gasteiger partial charge in [0, 0.05) is 16.6 Å². The van der Waals surface area contributed by atoms with Crippen molar-refractivity contribution in [3.8, 4) is 5.75 Å². The normalized spacial score (nSPS) is 10.7. The third-order valence-electron chi connectivity index (χ3n) is 1.87. The van der Waals surface area contributed by atoms with E-state index in [4.69, 9.17) is 4.74 Å². The Bertz CT molecular complexity index is 331. The number of hydrogen-bond donors (Lipinski definition) is 0. The Hall–Kier alpha value is -0.710. The number of nitrogens with zero attached hydrogens (tertiary/aromatic N) is 1. The average Bonchev–Trinajstić information content (AvgIpc) is 2.16. The molecule has 0 bridgehead atoms. The van der Waals surface area contributed by atoms with Gasteiger partial charge in [-0.05, 0) is 13.0 Å². The van der Waals surface area contributed by atoms with E-state index in [0.29, 0.717) is 22.5 Å². The van der Waals surface area contributed by atoms with Crippen LogP contribution in [-0.2, 0) is 5.33 Å². The van der Waals surface area contributed by atoms with E-state index in [1.54, 1.807) is 6.92 Å². The molecule has 0 saturated heterocycles. The van der Waals surface area contributed by atoms with Crippen LogP contribution < -0.4 is 4.74 Å². The van der Waals surface area contributed by atoms with Crippen LogP contribution in [-0.4, -0.2) is 12.1 Å². The van der Waals surface area contributed by atoms with Gasteiger partial charge in [0.2, 0.25) is 0 Å². The van der Waals surface area contributed by atoms with Crippen LogP contribution in [0.5, 0.6) is 5.75 Å². The summed E-state index contributed by atoms with van der Waals surface area (Å²) in [4.78, 5) is 4.03. The van der Waals surface area contributed by atoms with Crippen molar-refractivity contribution < 1.29 is 13.5 Å². The summed E-state index contributed by atoms with van der Waals surface area (Å²) in [5.74, 6) is 0.391. The summed E-state index contributed by atoms with van der Waals surface area (Å²) in [6, 6.07) is 1.34. The lowest BCUT2D eigenvalue weighted by atomic mass is 10.2. The summed E-state index contributed by atoms with van der Waals surface area (Å²) in [6.45, 7) is 1.56. The van der Waals surface area contributed by atoms with Gasteiger partial charge in [-0.3, -0.25) is 4.98 Å². The predicted octanol–water partition coefficient (Wildman–Crippen LogP) is 3.23. The molecule has 0 aliphatic carbocycles. The van der Waals surface area contributed by atoms with E-state index in [0.717, 1.165) is 0 Å². The molecule has 1 aromatic heterocycles. The van der Waals surface area contributed by atoms with E-state index in [1.807, 2.05) is 0 Å². The third kappa shape index (κ3) is 2.20. The van der Waals surface area contributed by atoms with Crippen LogP contribution in [0.3, 0.4) is 0 Å². The molecule has 0 amide bonds. The Morgan fingerprint density at radius 1 is 1.57 bits per heavy atom. The number of hydrogen-bond acceptors (Lipinski definition) is 2. The highest BCUT2D eigenvalue weighted by molar-refractivity contribution is 9.08. The van der Waals surface area contributed by atoms with Crippen molar-refractivity contribution in [1.82, 2.24) is 4.98 Å². The fourth-order valence-electron chi connectivity index (χ4n) is 1.14. The molecule has 0 aliphatic heterocycles. The number of halogens is 3. The highest BCUT2D eigenvalue weighted by Crippen LogP contribution is 2.28. The molecule has 2 nitrogen and oxygen atoms in total. The monoisotopic (exact) mass is 265 g/mol.